The Morgan fingerprint density at radius 1 is 1.10 bits per heavy atom. The predicted octanol–water partition coefficient (Wildman–Crippen LogP) is 3.40. The van der Waals surface area contributed by atoms with Gasteiger partial charge >= 0.3 is 0 Å². The number of aromatic nitrogens is 1. The van der Waals surface area contributed by atoms with Crippen molar-refractivity contribution in [2.24, 2.45) is 0 Å². The quantitative estimate of drug-likeness (QED) is 0.531. The van der Waals surface area contributed by atoms with Crippen LogP contribution >= 0.6 is 0 Å². The number of nitriles is 1. The summed E-state index contributed by atoms with van der Waals surface area (Å²) < 4.78 is 41.5. The number of piperazine rings is 1. The minimum absolute atomic E-state index is 0.0384. The van der Waals surface area contributed by atoms with E-state index in [0.717, 1.165) is 11.1 Å². The topological polar surface area (TPSA) is 116 Å². The number of rotatable bonds is 4. The summed E-state index contributed by atoms with van der Waals surface area (Å²) in [7, 11) is -1.95. The van der Waals surface area contributed by atoms with Gasteiger partial charge in [-0.25, -0.2) is 8.42 Å². The van der Waals surface area contributed by atoms with Crippen molar-refractivity contribution in [3.05, 3.63) is 58.3 Å². The lowest BCUT2D eigenvalue weighted by Crippen LogP contribution is -2.47. The highest BCUT2D eigenvalue weighted by molar-refractivity contribution is 7.89. The molecule has 3 aliphatic rings. The summed E-state index contributed by atoms with van der Waals surface area (Å²) in [5, 5.41) is 10.1. The molecule has 0 atom stereocenters. The molecule has 6 rings (SSSR count). The minimum Gasteiger partial charge on any atom is -0.489 e. The summed E-state index contributed by atoms with van der Waals surface area (Å²) in [5.41, 5.74) is 2.91. The van der Waals surface area contributed by atoms with Crippen LogP contribution in [0.5, 0.6) is 5.75 Å². The molecule has 204 valence electrons. The molecule has 0 unspecified atom stereocenters. The smallest absolute Gasteiger partial charge is 0.246 e. The van der Waals surface area contributed by atoms with Crippen molar-refractivity contribution in [3.63, 3.8) is 0 Å². The third kappa shape index (κ3) is 4.25. The number of nitrogens with zero attached hydrogens (tertiary/aromatic N) is 3. The third-order valence-electron chi connectivity index (χ3n) is 8.32. The fourth-order valence-electron chi connectivity index (χ4n) is 5.94. The number of ketones is 1. The van der Waals surface area contributed by atoms with Gasteiger partial charge in [-0.2, -0.15) is 9.57 Å². The molecule has 39 heavy (non-hydrogen) atoms. The number of nitrogens with one attached hydrogen (secondary N) is 1. The summed E-state index contributed by atoms with van der Waals surface area (Å²) in [6.45, 7) is 7.17. The molecule has 1 aliphatic carbocycles. The van der Waals surface area contributed by atoms with Gasteiger partial charge in [-0.15, -0.1) is 0 Å². The van der Waals surface area contributed by atoms with Crippen LogP contribution in [0.2, 0.25) is 0 Å². The number of likely N-dealkylation sites (N-methyl/N-ethyl adjacent to an activating group) is 1. The van der Waals surface area contributed by atoms with Crippen molar-refractivity contribution >= 4 is 26.7 Å². The number of aromatic amines is 1. The maximum atomic E-state index is 14.1. The molecule has 2 saturated heterocycles. The molecule has 0 amide bonds. The Hall–Kier alpha value is -3.23. The van der Waals surface area contributed by atoms with Crippen molar-refractivity contribution in [3.8, 4) is 11.8 Å². The second-order valence-corrected chi connectivity index (χ2v) is 13.1. The predicted molar refractivity (Wildman–Crippen MR) is 146 cm³/mol. The normalized spacial score (nSPS) is 20.4. The van der Waals surface area contributed by atoms with Crippen molar-refractivity contribution in [2.75, 3.05) is 46.4 Å². The average Bonchev–Trinajstić information content (AvgIpc) is 3.32. The van der Waals surface area contributed by atoms with Gasteiger partial charge in [-0.05, 0) is 36.9 Å². The van der Waals surface area contributed by atoms with Crippen LogP contribution in [0.4, 0.5) is 0 Å². The van der Waals surface area contributed by atoms with Crippen LogP contribution in [0.1, 0.15) is 59.4 Å². The second kappa shape index (κ2) is 9.45. The van der Waals surface area contributed by atoms with Crippen LogP contribution in [0, 0.1) is 11.3 Å². The van der Waals surface area contributed by atoms with Crippen molar-refractivity contribution in [2.45, 2.75) is 43.1 Å². The number of hydrogen-bond acceptors (Lipinski definition) is 7. The Morgan fingerprint density at radius 2 is 1.82 bits per heavy atom. The van der Waals surface area contributed by atoms with Crippen molar-refractivity contribution in [1.82, 2.24) is 14.2 Å². The van der Waals surface area contributed by atoms with Gasteiger partial charge < -0.3 is 19.4 Å². The van der Waals surface area contributed by atoms with Crippen LogP contribution in [0.3, 0.4) is 0 Å². The highest BCUT2D eigenvalue weighted by atomic mass is 32.2. The first-order chi connectivity index (χ1) is 18.6. The van der Waals surface area contributed by atoms with Gasteiger partial charge in [-0.3, -0.25) is 4.79 Å². The first kappa shape index (κ1) is 26.0. The van der Waals surface area contributed by atoms with E-state index in [2.05, 4.69) is 16.0 Å². The lowest BCUT2D eigenvalue weighted by atomic mass is 9.71. The van der Waals surface area contributed by atoms with Gasteiger partial charge in [0.15, 0.2) is 5.78 Å². The number of H-pyrrole nitrogens is 1. The van der Waals surface area contributed by atoms with Crippen molar-refractivity contribution < 1.29 is 22.7 Å². The fraction of sp³-hybridized carbons (Fsp3) is 0.448. The average molecular weight is 549 g/mol. The molecule has 1 N–H and O–H groups in total. The van der Waals surface area contributed by atoms with E-state index < -0.39 is 15.4 Å². The second-order valence-electron chi connectivity index (χ2n) is 11.2. The van der Waals surface area contributed by atoms with E-state index in [1.165, 1.54) is 10.4 Å². The molecular weight excluding hydrogens is 516 g/mol. The fourth-order valence-corrected chi connectivity index (χ4v) is 7.49. The van der Waals surface area contributed by atoms with Crippen LogP contribution in [0.15, 0.2) is 35.2 Å². The Labute approximate surface area is 228 Å². The minimum atomic E-state index is -3.92. The molecule has 0 spiro atoms. The molecule has 1 aromatic heterocycles. The van der Waals surface area contributed by atoms with E-state index in [-0.39, 0.29) is 22.5 Å². The molecule has 2 aromatic carbocycles. The van der Waals surface area contributed by atoms with Gasteiger partial charge in [0.25, 0.3) is 0 Å². The number of sulfonamides is 1. The SMILES string of the molecule is CN1CCN(S(=O)(=O)c2cc3c(cc2OC2CCOCC2)C(C)(C)c2[nH]c4cc(C#N)ccc4c2C3=O)CC1. The summed E-state index contributed by atoms with van der Waals surface area (Å²) in [6, 6.07) is 10.7. The number of carbonyl (C=O) groups is 1. The molecule has 2 fully saturated rings. The molecule has 10 heteroatoms. The summed E-state index contributed by atoms with van der Waals surface area (Å²) in [6.07, 6.45) is 1.16. The maximum absolute atomic E-state index is 14.1. The Kier molecular flexibility index (Phi) is 6.31. The monoisotopic (exact) mass is 548 g/mol. The van der Waals surface area contributed by atoms with E-state index in [0.29, 0.717) is 80.0 Å². The molecule has 0 radical (unpaired) electrons. The van der Waals surface area contributed by atoms with Crippen LogP contribution in [0.25, 0.3) is 10.9 Å². The lowest BCUT2D eigenvalue weighted by Gasteiger charge is -2.35. The maximum Gasteiger partial charge on any atom is 0.246 e. The zero-order chi connectivity index (χ0) is 27.5. The first-order valence-corrected chi connectivity index (χ1v) is 14.8. The zero-order valence-corrected chi connectivity index (χ0v) is 23.2. The van der Waals surface area contributed by atoms with Crippen LogP contribution in [-0.4, -0.2) is 80.9 Å². The molecular formula is C29H32N4O5S. The molecule has 3 aromatic rings. The highest BCUT2D eigenvalue weighted by Gasteiger charge is 2.42. The Balaban J connectivity index is 1.53. The lowest BCUT2D eigenvalue weighted by molar-refractivity contribution is 0.0243. The van der Waals surface area contributed by atoms with E-state index in [1.54, 1.807) is 24.3 Å². The Bertz CT molecular complexity index is 1620. The van der Waals surface area contributed by atoms with E-state index in [4.69, 9.17) is 9.47 Å². The zero-order valence-electron chi connectivity index (χ0n) is 22.4. The summed E-state index contributed by atoms with van der Waals surface area (Å²) in [5.74, 6) is 0.0505. The van der Waals surface area contributed by atoms with Crippen molar-refractivity contribution in [1.29, 1.82) is 5.26 Å². The van der Waals surface area contributed by atoms with E-state index in [1.807, 2.05) is 20.9 Å². The number of fused-ring (bicyclic) bond motifs is 4. The van der Waals surface area contributed by atoms with Crippen LogP contribution in [-0.2, 0) is 20.2 Å². The molecule has 0 bridgehead atoms. The van der Waals surface area contributed by atoms with Gasteiger partial charge in [-0.1, -0.05) is 19.9 Å². The largest absolute Gasteiger partial charge is 0.489 e. The van der Waals surface area contributed by atoms with Gasteiger partial charge in [0, 0.05) is 66.6 Å². The highest BCUT2D eigenvalue weighted by Crippen LogP contribution is 2.47. The molecule has 0 saturated carbocycles. The molecule has 9 nitrogen and oxygen atoms in total. The third-order valence-corrected chi connectivity index (χ3v) is 10.2. The van der Waals surface area contributed by atoms with Gasteiger partial charge in [0.2, 0.25) is 10.0 Å². The standard InChI is InChI=1S/C29H32N4O5S/c1-29(2)22-16-24(38-19-6-12-37-13-7-19)25(39(35,36)33-10-8-32(3)9-11-33)15-21(22)27(34)26-20-5-4-18(17-30)14-23(20)31-28(26)29/h4-5,14-16,19,31H,6-13H2,1-3H3. The van der Waals surface area contributed by atoms with Gasteiger partial charge in [0.05, 0.1) is 30.4 Å². The Morgan fingerprint density at radius 3 is 2.51 bits per heavy atom. The number of hydrogen-bond donors (Lipinski definition) is 1. The number of ether oxygens (including phenoxy) is 2. The van der Waals surface area contributed by atoms with Crippen LogP contribution < -0.4 is 4.74 Å². The molecule has 3 heterocycles. The molecule has 2 aliphatic heterocycles. The number of carbonyl (C=O) groups excluding carboxylic acids is 1. The van der Waals surface area contributed by atoms with E-state index in [9.17, 15) is 18.5 Å². The van der Waals surface area contributed by atoms with E-state index >= 15 is 0 Å². The van der Waals surface area contributed by atoms with Gasteiger partial charge in [0.1, 0.15) is 16.7 Å². The first-order valence-electron chi connectivity index (χ1n) is 13.3. The summed E-state index contributed by atoms with van der Waals surface area (Å²) in [4.78, 5) is 19.6. The summed E-state index contributed by atoms with van der Waals surface area (Å²) >= 11 is 0. The number of benzene rings is 2.